The van der Waals surface area contributed by atoms with Gasteiger partial charge >= 0.3 is 5.97 Å². The number of nitrogens with zero attached hydrogens (tertiary/aromatic N) is 1. The van der Waals surface area contributed by atoms with Crippen LogP contribution in [0.15, 0.2) is 44.0 Å². The lowest BCUT2D eigenvalue weighted by Gasteiger charge is -2.26. The SMILES string of the molecule is CC(=O)OC(C)C1NCCC1c1c(O)cc(O)c2c(=O)cc(-c3ccc([N+](=O)[O-])cc3Br)oc12.Cl. The standard InChI is InChI=1S/C23H21BrN2O8.ClH/c1-10(33-11(2)27)22-14(5-6-25-22)20-16(28)8-17(29)21-18(30)9-19(34-23(20)21)13-4-3-12(26(31)32)7-15(13)24;/h3-4,7-10,14,22,25,28-29H,5-6H2,1-2H3;1H. The monoisotopic (exact) mass is 568 g/mol. The molecule has 1 aliphatic heterocycles. The predicted octanol–water partition coefficient (Wildman–Crippen LogP) is 4.36. The molecule has 0 bridgehead atoms. The lowest BCUT2D eigenvalue weighted by atomic mass is 9.87. The fraction of sp³-hybridized carbons (Fsp3) is 0.304. The highest BCUT2D eigenvalue weighted by Gasteiger charge is 2.38. The van der Waals surface area contributed by atoms with Crippen LogP contribution in [0.25, 0.3) is 22.3 Å². The Morgan fingerprint density at radius 1 is 1.29 bits per heavy atom. The molecular weight excluding hydrogens is 548 g/mol. The van der Waals surface area contributed by atoms with Gasteiger partial charge in [-0.05, 0) is 41.9 Å². The molecule has 3 unspecified atom stereocenters. The van der Waals surface area contributed by atoms with Gasteiger partial charge in [-0.1, -0.05) is 0 Å². The summed E-state index contributed by atoms with van der Waals surface area (Å²) in [6, 6.07) is 5.92. The quantitative estimate of drug-likeness (QED) is 0.231. The van der Waals surface area contributed by atoms with E-state index in [1.165, 1.54) is 31.2 Å². The largest absolute Gasteiger partial charge is 0.507 e. The number of benzene rings is 2. The average Bonchev–Trinajstić information content (AvgIpc) is 3.22. The number of esters is 1. The number of phenols is 2. The molecule has 1 saturated heterocycles. The van der Waals surface area contributed by atoms with E-state index in [1.54, 1.807) is 6.92 Å². The van der Waals surface area contributed by atoms with Crippen LogP contribution >= 0.6 is 28.3 Å². The molecule has 0 radical (unpaired) electrons. The van der Waals surface area contributed by atoms with E-state index in [9.17, 15) is 29.9 Å². The number of ether oxygens (including phenoxy) is 1. The zero-order chi connectivity index (χ0) is 24.7. The highest BCUT2D eigenvalue weighted by Crippen LogP contribution is 2.44. The molecule has 12 heteroatoms. The summed E-state index contributed by atoms with van der Waals surface area (Å²) in [5.74, 6) is -1.44. The number of halogens is 2. The molecule has 2 heterocycles. The van der Waals surface area contributed by atoms with Gasteiger partial charge in [0.1, 0.15) is 34.3 Å². The van der Waals surface area contributed by atoms with Gasteiger partial charge in [-0.25, -0.2) is 0 Å². The summed E-state index contributed by atoms with van der Waals surface area (Å²) in [7, 11) is 0. The van der Waals surface area contributed by atoms with Gasteiger partial charge in [0.25, 0.3) is 5.69 Å². The number of nitro groups is 1. The van der Waals surface area contributed by atoms with Crippen LogP contribution in [-0.2, 0) is 9.53 Å². The fourth-order valence-electron chi connectivity index (χ4n) is 4.51. The number of fused-ring (bicyclic) bond motifs is 1. The Hall–Kier alpha value is -3.15. The molecule has 10 nitrogen and oxygen atoms in total. The van der Waals surface area contributed by atoms with Gasteiger partial charge in [-0.3, -0.25) is 19.7 Å². The van der Waals surface area contributed by atoms with Gasteiger partial charge in [0.2, 0.25) is 0 Å². The number of aromatic hydroxyl groups is 2. The Balaban J connectivity index is 0.00000342. The van der Waals surface area contributed by atoms with E-state index in [0.717, 1.165) is 6.07 Å². The third-order valence-electron chi connectivity index (χ3n) is 5.92. The first-order valence-corrected chi connectivity index (χ1v) is 11.3. The third-order valence-corrected chi connectivity index (χ3v) is 6.58. The number of phenolic OH excluding ortho intramolecular Hbond substituents is 2. The van der Waals surface area contributed by atoms with Crippen molar-refractivity contribution < 1.29 is 29.1 Å². The summed E-state index contributed by atoms with van der Waals surface area (Å²) in [6.45, 7) is 3.61. The van der Waals surface area contributed by atoms with Crippen LogP contribution in [0, 0.1) is 10.1 Å². The maximum Gasteiger partial charge on any atom is 0.302 e. The Bertz CT molecular complexity index is 1380. The molecule has 0 aliphatic carbocycles. The van der Waals surface area contributed by atoms with Crippen LogP contribution in [0.5, 0.6) is 11.5 Å². The summed E-state index contributed by atoms with van der Waals surface area (Å²) in [5, 5.41) is 35.4. The van der Waals surface area contributed by atoms with Crippen molar-refractivity contribution in [3.8, 4) is 22.8 Å². The van der Waals surface area contributed by atoms with Crippen LogP contribution in [0.3, 0.4) is 0 Å². The summed E-state index contributed by atoms with van der Waals surface area (Å²) in [5.41, 5.74) is -0.00427. The molecule has 3 atom stereocenters. The zero-order valence-electron chi connectivity index (χ0n) is 18.6. The fourth-order valence-corrected chi connectivity index (χ4v) is 5.07. The second kappa shape index (κ2) is 10.2. The van der Waals surface area contributed by atoms with Gasteiger partial charge in [-0.15, -0.1) is 12.4 Å². The minimum atomic E-state index is -0.546. The third kappa shape index (κ3) is 4.97. The second-order valence-corrected chi connectivity index (χ2v) is 8.97. The number of hydrogen-bond acceptors (Lipinski definition) is 9. The summed E-state index contributed by atoms with van der Waals surface area (Å²) in [6.07, 6.45) is 0.0192. The summed E-state index contributed by atoms with van der Waals surface area (Å²) in [4.78, 5) is 35.0. The second-order valence-electron chi connectivity index (χ2n) is 8.12. The topological polar surface area (TPSA) is 152 Å². The van der Waals surface area contributed by atoms with E-state index >= 15 is 0 Å². The summed E-state index contributed by atoms with van der Waals surface area (Å²) >= 11 is 3.28. The molecule has 3 N–H and O–H groups in total. The van der Waals surface area contributed by atoms with Crippen LogP contribution in [0.1, 0.15) is 31.7 Å². The Labute approximate surface area is 213 Å². The molecular formula is C23H22BrClN2O8. The zero-order valence-corrected chi connectivity index (χ0v) is 21.0. The van der Waals surface area contributed by atoms with Gasteiger partial charge in [0, 0.05) is 52.7 Å². The molecule has 0 spiro atoms. The van der Waals surface area contributed by atoms with Crippen molar-refractivity contribution in [3.05, 3.63) is 60.7 Å². The molecule has 186 valence electrons. The van der Waals surface area contributed by atoms with Crippen molar-refractivity contribution in [2.75, 3.05) is 6.54 Å². The Kier molecular flexibility index (Phi) is 7.73. The predicted molar refractivity (Wildman–Crippen MR) is 133 cm³/mol. The van der Waals surface area contributed by atoms with Gasteiger partial charge in [0.15, 0.2) is 5.43 Å². The van der Waals surface area contributed by atoms with E-state index in [2.05, 4.69) is 21.2 Å². The maximum absolute atomic E-state index is 13.0. The van der Waals surface area contributed by atoms with E-state index in [-0.39, 0.29) is 46.6 Å². The number of nitro benzene ring substituents is 1. The van der Waals surface area contributed by atoms with E-state index in [0.29, 0.717) is 28.6 Å². The Morgan fingerprint density at radius 3 is 2.63 bits per heavy atom. The molecule has 0 saturated carbocycles. The van der Waals surface area contributed by atoms with E-state index in [1.807, 2.05) is 0 Å². The van der Waals surface area contributed by atoms with Crippen molar-refractivity contribution in [1.29, 1.82) is 0 Å². The van der Waals surface area contributed by atoms with Crippen molar-refractivity contribution in [2.24, 2.45) is 0 Å². The minimum Gasteiger partial charge on any atom is -0.507 e. The van der Waals surface area contributed by atoms with Crippen LogP contribution in [0.2, 0.25) is 0 Å². The number of carbonyl (C=O) groups is 1. The number of rotatable bonds is 5. The first-order chi connectivity index (χ1) is 16.1. The summed E-state index contributed by atoms with van der Waals surface area (Å²) < 4.78 is 11.7. The average molecular weight is 570 g/mol. The lowest BCUT2D eigenvalue weighted by molar-refractivity contribution is -0.384. The van der Waals surface area contributed by atoms with E-state index < -0.39 is 34.1 Å². The highest BCUT2D eigenvalue weighted by atomic mass is 79.9. The van der Waals surface area contributed by atoms with Gasteiger partial charge in [0.05, 0.1) is 11.0 Å². The van der Waals surface area contributed by atoms with Crippen molar-refractivity contribution in [2.45, 2.75) is 38.3 Å². The molecule has 3 aromatic rings. The van der Waals surface area contributed by atoms with Crippen molar-refractivity contribution >= 4 is 51.0 Å². The molecule has 35 heavy (non-hydrogen) atoms. The maximum atomic E-state index is 13.0. The minimum absolute atomic E-state index is 0. The molecule has 1 aliphatic rings. The van der Waals surface area contributed by atoms with Gasteiger partial charge in [-0.2, -0.15) is 0 Å². The molecule has 0 amide bonds. The number of non-ortho nitro benzene ring substituents is 1. The Morgan fingerprint density at radius 2 is 2.00 bits per heavy atom. The first kappa shape index (κ1) is 26.5. The number of carbonyl (C=O) groups excluding carboxylic acids is 1. The van der Waals surface area contributed by atoms with Crippen LogP contribution < -0.4 is 10.7 Å². The van der Waals surface area contributed by atoms with E-state index in [4.69, 9.17) is 9.15 Å². The normalized spacial score (nSPS) is 18.1. The number of hydrogen-bond donors (Lipinski definition) is 3. The highest BCUT2D eigenvalue weighted by molar-refractivity contribution is 9.10. The molecule has 4 rings (SSSR count). The van der Waals surface area contributed by atoms with Crippen molar-refractivity contribution in [1.82, 2.24) is 5.32 Å². The molecule has 1 aromatic heterocycles. The van der Waals surface area contributed by atoms with Crippen LogP contribution in [-0.4, -0.2) is 39.8 Å². The molecule has 2 aromatic carbocycles. The smallest absolute Gasteiger partial charge is 0.302 e. The van der Waals surface area contributed by atoms with Crippen LogP contribution in [0.4, 0.5) is 5.69 Å². The first-order valence-electron chi connectivity index (χ1n) is 10.5. The molecule has 1 fully saturated rings. The van der Waals surface area contributed by atoms with Gasteiger partial charge < -0.3 is 24.7 Å². The van der Waals surface area contributed by atoms with Crippen molar-refractivity contribution in [3.63, 3.8) is 0 Å². The number of nitrogens with one attached hydrogen (secondary N) is 1. The lowest BCUT2D eigenvalue weighted by Crippen LogP contribution is -2.39.